The van der Waals surface area contributed by atoms with Gasteiger partial charge in [-0.05, 0) is 25.0 Å². The number of anilines is 1. The van der Waals surface area contributed by atoms with E-state index in [0.717, 1.165) is 4.90 Å². The topological polar surface area (TPSA) is 49.8 Å². The summed E-state index contributed by atoms with van der Waals surface area (Å²) in [4.78, 5) is 1.07. The van der Waals surface area contributed by atoms with Crippen LogP contribution in [-0.2, 0) is 0 Å². The molecule has 2 N–H and O–H groups in total. The van der Waals surface area contributed by atoms with Gasteiger partial charge in [-0.15, -0.1) is 11.8 Å². The van der Waals surface area contributed by atoms with Gasteiger partial charge >= 0.3 is 0 Å². The Bertz CT molecular complexity index is 403. The van der Waals surface area contributed by atoms with Gasteiger partial charge in [-0.25, -0.2) is 0 Å². The maximum Gasteiger partial charge on any atom is 0.101 e. The molecule has 1 aliphatic carbocycles. The highest BCUT2D eigenvalue weighted by atomic mass is 32.2. The van der Waals surface area contributed by atoms with E-state index >= 15 is 0 Å². The van der Waals surface area contributed by atoms with Crippen LogP contribution in [0.1, 0.15) is 37.7 Å². The lowest BCUT2D eigenvalue weighted by Crippen LogP contribution is -2.08. The molecule has 0 aliphatic heterocycles. The molecular weight excluding hydrogens is 216 g/mol. The molecule has 1 aliphatic rings. The van der Waals surface area contributed by atoms with Crippen molar-refractivity contribution >= 4 is 17.4 Å². The van der Waals surface area contributed by atoms with E-state index in [-0.39, 0.29) is 0 Å². The number of hydrogen-bond donors (Lipinski definition) is 1. The second kappa shape index (κ2) is 5.27. The molecule has 16 heavy (non-hydrogen) atoms. The summed E-state index contributed by atoms with van der Waals surface area (Å²) in [5.41, 5.74) is 7.22. The smallest absolute Gasteiger partial charge is 0.101 e. The molecule has 0 aromatic heterocycles. The lowest BCUT2D eigenvalue weighted by atomic mass is 10.0. The van der Waals surface area contributed by atoms with Crippen LogP contribution in [0.25, 0.3) is 0 Å². The minimum Gasteiger partial charge on any atom is -0.397 e. The summed E-state index contributed by atoms with van der Waals surface area (Å²) < 4.78 is 0. The second-order valence-electron chi connectivity index (χ2n) is 4.21. The van der Waals surface area contributed by atoms with Crippen molar-refractivity contribution < 1.29 is 0 Å². The van der Waals surface area contributed by atoms with Gasteiger partial charge in [0, 0.05) is 10.1 Å². The Morgan fingerprint density at radius 2 is 2.00 bits per heavy atom. The molecule has 0 amide bonds. The Morgan fingerprint density at radius 3 is 2.69 bits per heavy atom. The van der Waals surface area contributed by atoms with Gasteiger partial charge in [-0.2, -0.15) is 5.26 Å². The van der Waals surface area contributed by atoms with Crippen molar-refractivity contribution in [3.8, 4) is 6.07 Å². The zero-order valence-electron chi connectivity index (χ0n) is 9.28. The first-order chi connectivity index (χ1) is 7.81. The number of rotatable bonds is 2. The third kappa shape index (κ3) is 2.51. The van der Waals surface area contributed by atoms with E-state index in [0.29, 0.717) is 16.5 Å². The first kappa shape index (κ1) is 11.3. The molecule has 2 nitrogen and oxygen atoms in total. The van der Waals surface area contributed by atoms with Crippen LogP contribution < -0.4 is 5.73 Å². The quantitative estimate of drug-likeness (QED) is 0.793. The molecule has 0 spiro atoms. The van der Waals surface area contributed by atoms with Gasteiger partial charge in [0.05, 0.1) is 11.3 Å². The van der Waals surface area contributed by atoms with E-state index in [9.17, 15) is 0 Å². The van der Waals surface area contributed by atoms with Crippen LogP contribution >= 0.6 is 11.8 Å². The standard InChI is InChI=1S/C13H16N2S/c14-9-10-5-4-8-12(13(10)15)16-11-6-2-1-3-7-11/h4-5,8,11H,1-3,6-7,15H2. The molecule has 2 rings (SSSR count). The summed E-state index contributed by atoms with van der Waals surface area (Å²) in [5.74, 6) is 0. The summed E-state index contributed by atoms with van der Waals surface area (Å²) in [6.07, 6.45) is 6.58. The number of hydrogen-bond acceptors (Lipinski definition) is 3. The van der Waals surface area contributed by atoms with Crippen molar-refractivity contribution in [2.45, 2.75) is 42.2 Å². The van der Waals surface area contributed by atoms with Crippen molar-refractivity contribution in [1.82, 2.24) is 0 Å². The first-order valence-electron chi connectivity index (χ1n) is 5.76. The lowest BCUT2D eigenvalue weighted by molar-refractivity contribution is 0.516. The molecule has 0 saturated heterocycles. The fraction of sp³-hybridized carbons (Fsp3) is 0.462. The minimum atomic E-state index is 0.598. The van der Waals surface area contributed by atoms with Crippen LogP contribution in [0.5, 0.6) is 0 Å². The molecule has 1 aromatic rings. The van der Waals surface area contributed by atoms with Gasteiger partial charge < -0.3 is 5.73 Å². The monoisotopic (exact) mass is 232 g/mol. The van der Waals surface area contributed by atoms with E-state index in [1.54, 1.807) is 6.07 Å². The third-order valence-corrected chi connectivity index (χ3v) is 4.45. The second-order valence-corrected chi connectivity index (χ2v) is 5.55. The summed E-state index contributed by atoms with van der Waals surface area (Å²) in [7, 11) is 0. The van der Waals surface area contributed by atoms with E-state index in [1.807, 2.05) is 23.9 Å². The zero-order valence-corrected chi connectivity index (χ0v) is 10.1. The summed E-state index contributed by atoms with van der Waals surface area (Å²) in [6, 6.07) is 7.85. The van der Waals surface area contributed by atoms with Crippen LogP contribution in [0, 0.1) is 11.3 Å². The molecule has 1 fully saturated rings. The predicted molar refractivity (Wildman–Crippen MR) is 68.3 cm³/mol. The average molecular weight is 232 g/mol. The van der Waals surface area contributed by atoms with Crippen LogP contribution in [0.2, 0.25) is 0 Å². The molecular formula is C13H16N2S. The Balaban J connectivity index is 2.12. The molecule has 84 valence electrons. The predicted octanol–water partition coefficient (Wildman–Crippen LogP) is 3.57. The van der Waals surface area contributed by atoms with Gasteiger partial charge in [-0.3, -0.25) is 0 Å². The number of nitrogens with two attached hydrogens (primary N) is 1. The van der Waals surface area contributed by atoms with Crippen LogP contribution in [0.3, 0.4) is 0 Å². The van der Waals surface area contributed by atoms with Gasteiger partial charge in [0.15, 0.2) is 0 Å². The minimum absolute atomic E-state index is 0.598. The number of thioether (sulfide) groups is 1. The number of benzene rings is 1. The van der Waals surface area contributed by atoms with E-state index in [4.69, 9.17) is 11.0 Å². The molecule has 1 saturated carbocycles. The van der Waals surface area contributed by atoms with Crippen LogP contribution in [-0.4, -0.2) is 5.25 Å². The van der Waals surface area contributed by atoms with Gasteiger partial charge in [0.2, 0.25) is 0 Å². The molecule has 3 heteroatoms. The van der Waals surface area contributed by atoms with Crippen molar-refractivity contribution in [1.29, 1.82) is 5.26 Å². The Kier molecular flexibility index (Phi) is 3.74. The fourth-order valence-corrected chi connectivity index (χ4v) is 3.43. The number of nitrogens with zero attached hydrogens (tertiary/aromatic N) is 1. The Morgan fingerprint density at radius 1 is 1.25 bits per heavy atom. The summed E-state index contributed by atoms with van der Waals surface area (Å²) in [6.45, 7) is 0. The number of nitrogen functional groups attached to an aromatic ring is 1. The van der Waals surface area contributed by atoms with Crippen molar-refractivity contribution in [3.63, 3.8) is 0 Å². The summed E-state index contributed by atoms with van der Waals surface area (Å²) in [5, 5.41) is 9.59. The molecule has 0 unspecified atom stereocenters. The highest BCUT2D eigenvalue weighted by Crippen LogP contribution is 2.37. The summed E-state index contributed by atoms with van der Waals surface area (Å²) >= 11 is 1.84. The largest absolute Gasteiger partial charge is 0.397 e. The van der Waals surface area contributed by atoms with Crippen molar-refractivity contribution in [2.75, 3.05) is 5.73 Å². The third-order valence-electron chi connectivity index (χ3n) is 3.03. The van der Waals surface area contributed by atoms with Crippen LogP contribution in [0.15, 0.2) is 23.1 Å². The lowest BCUT2D eigenvalue weighted by Gasteiger charge is -2.21. The van der Waals surface area contributed by atoms with Crippen molar-refractivity contribution in [3.05, 3.63) is 23.8 Å². The molecule has 1 aromatic carbocycles. The normalized spacial score (nSPS) is 16.9. The fourth-order valence-electron chi connectivity index (χ4n) is 2.11. The maximum absolute atomic E-state index is 8.91. The Hall–Kier alpha value is -1.14. The molecule has 0 atom stereocenters. The molecule has 0 heterocycles. The molecule has 0 bridgehead atoms. The highest BCUT2D eigenvalue weighted by Gasteiger charge is 2.16. The number of para-hydroxylation sites is 1. The first-order valence-corrected chi connectivity index (χ1v) is 6.64. The van der Waals surface area contributed by atoms with E-state index in [2.05, 4.69) is 6.07 Å². The van der Waals surface area contributed by atoms with E-state index in [1.165, 1.54) is 32.1 Å². The number of nitriles is 1. The van der Waals surface area contributed by atoms with Crippen LogP contribution in [0.4, 0.5) is 5.69 Å². The SMILES string of the molecule is N#Cc1cccc(SC2CCCCC2)c1N. The molecule has 0 radical (unpaired) electrons. The highest BCUT2D eigenvalue weighted by molar-refractivity contribution is 8.00. The van der Waals surface area contributed by atoms with Crippen molar-refractivity contribution in [2.24, 2.45) is 0 Å². The average Bonchev–Trinajstić information content (AvgIpc) is 2.33. The zero-order chi connectivity index (χ0) is 11.4. The van der Waals surface area contributed by atoms with Gasteiger partial charge in [-0.1, -0.05) is 25.3 Å². The maximum atomic E-state index is 8.91. The van der Waals surface area contributed by atoms with Gasteiger partial charge in [0.25, 0.3) is 0 Å². The Labute approximate surface area is 101 Å². The van der Waals surface area contributed by atoms with Gasteiger partial charge in [0.1, 0.15) is 6.07 Å². The van der Waals surface area contributed by atoms with E-state index < -0.39 is 0 Å².